The van der Waals surface area contributed by atoms with Gasteiger partial charge in [0.05, 0.1) is 6.61 Å². The van der Waals surface area contributed by atoms with E-state index in [4.69, 9.17) is 22.0 Å². The maximum Gasteiger partial charge on any atom is 0.336 e. The number of carbonyl (C=O) groups excluding carboxylic acids is 1. The third-order valence-electron chi connectivity index (χ3n) is 4.11. The molecule has 3 heterocycles. The van der Waals surface area contributed by atoms with E-state index in [0.717, 1.165) is 0 Å². The first-order valence-corrected chi connectivity index (χ1v) is 6.62. The number of rotatable bonds is 3. The summed E-state index contributed by atoms with van der Waals surface area (Å²) in [5, 5.41) is 23.6. The average Bonchev–Trinajstić information content (AvgIpc) is 2.88. The average molecular weight is 314 g/mol. The van der Waals surface area contributed by atoms with Gasteiger partial charge >= 0.3 is 6.03 Å². The molecule has 12 nitrogen and oxygen atoms in total. The van der Waals surface area contributed by atoms with Gasteiger partial charge in [0.1, 0.15) is 12.1 Å². The van der Waals surface area contributed by atoms with Crippen LogP contribution in [-0.2, 0) is 4.84 Å². The highest BCUT2D eigenvalue weighted by molar-refractivity contribution is 5.87. The van der Waals surface area contributed by atoms with Crippen LogP contribution in [0.3, 0.4) is 0 Å². The first-order chi connectivity index (χ1) is 10.3. The molecule has 3 aliphatic rings. The summed E-state index contributed by atoms with van der Waals surface area (Å²) >= 11 is 0. The molecule has 1 spiro atoms. The minimum Gasteiger partial charge on any atom is -0.370 e. The zero-order chi connectivity index (χ0) is 16.1. The van der Waals surface area contributed by atoms with Gasteiger partial charge in [0, 0.05) is 13.0 Å². The van der Waals surface area contributed by atoms with E-state index in [1.54, 1.807) is 0 Å². The van der Waals surface area contributed by atoms with Crippen molar-refractivity contribution in [3.05, 3.63) is 0 Å². The van der Waals surface area contributed by atoms with Crippen LogP contribution in [0, 0.1) is 0 Å². The van der Waals surface area contributed by atoms with E-state index >= 15 is 0 Å². The number of aliphatic imine (C=N–C) groups is 2. The Hall–Kier alpha value is -2.31. The van der Waals surface area contributed by atoms with Gasteiger partial charge in [-0.05, 0) is 0 Å². The fourth-order valence-electron chi connectivity index (χ4n) is 3.26. The molecule has 0 bridgehead atoms. The van der Waals surface area contributed by atoms with Gasteiger partial charge in [-0.25, -0.2) is 20.3 Å². The Kier molecular flexibility index (Phi) is 3.05. The second kappa shape index (κ2) is 4.59. The molecule has 3 aliphatic heterocycles. The minimum absolute atomic E-state index is 0.0436. The highest BCUT2D eigenvalue weighted by atomic mass is 16.7. The van der Waals surface area contributed by atoms with Crippen molar-refractivity contribution in [1.29, 1.82) is 0 Å². The van der Waals surface area contributed by atoms with Gasteiger partial charge in [0.15, 0.2) is 17.6 Å². The summed E-state index contributed by atoms with van der Waals surface area (Å²) in [6.45, 7) is 0.167. The highest BCUT2D eigenvalue weighted by Gasteiger charge is 2.69. The lowest BCUT2D eigenvalue weighted by Gasteiger charge is -2.48. The molecule has 2 amide bonds. The van der Waals surface area contributed by atoms with Crippen molar-refractivity contribution in [1.82, 2.24) is 15.7 Å². The summed E-state index contributed by atoms with van der Waals surface area (Å²) in [6.07, 6.45) is 0.0443. The van der Waals surface area contributed by atoms with Gasteiger partial charge < -0.3 is 37.6 Å². The smallest absolute Gasteiger partial charge is 0.336 e. The Balaban J connectivity index is 1.92. The molecule has 12 heteroatoms. The summed E-state index contributed by atoms with van der Waals surface area (Å²) in [6, 6.07) is -2.31. The number of nitrogens with one attached hydrogen (secondary N) is 2. The van der Waals surface area contributed by atoms with Crippen molar-refractivity contribution in [3.8, 4) is 0 Å². The Labute approximate surface area is 124 Å². The first-order valence-electron chi connectivity index (χ1n) is 6.62. The normalized spacial score (nSPS) is 35.1. The molecule has 0 unspecified atom stereocenters. The van der Waals surface area contributed by atoms with Crippen LogP contribution in [0.2, 0.25) is 0 Å². The molecule has 1 saturated heterocycles. The number of primary amides is 1. The molecular formula is C10H18N8O4. The van der Waals surface area contributed by atoms with Crippen LogP contribution in [0.15, 0.2) is 9.98 Å². The van der Waals surface area contributed by atoms with Crippen molar-refractivity contribution in [2.24, 2.45) is 27.2 Å². The molecule has 0 saturated carbocycles. The van der Waals surface area contributed by atoms with Crippen molar-refractivity contribution in [2.75, 3.05) is 13.2 Å². The van der Waals surface area contributed by atoms with Crippen LogP contribution >= 0.6 is 0 Å². The van der Waals surface area contributed by atoms with E-state index in [2.05, 4.69) is 15.3 Å². The summed E-state index contributed by atoms with van der Waals surface area (Å²) in [5.41, 5.74) is 17.1. The predicted molar refractivity (Wildman–Crippen MR) is 73.9 cm³/mol. The third-order valence-corrected chi connectivity index (χ3v) is 4.11. The number of nitrogens with two attached hydrogens (primary N) is 3. The largest absolute Gasteiger partial charge is 0.370 e. The molecule has 10 N–H and O–H groups in total. The molecule has 0 aliphatic carbocycles. The molecular weight excluding hydrogens is 296 g/mol. The number of nitrogens with zero attached hydrogens (tertiary/aromatic N) is 3. The Bertz CT molecular complexity index is 563. The molecule has 122 valence electrons. The quantitative estimate of drug-likeness (QED) is 0.200. The lowest BCUT2D eigenvalue weighted by Crippen LogP contribution is -2.76. The van der Waals surface area contributed by atoms with Crippen LogP contribution < -0.4 is 28.0 Å². The van der Waals surface area contributed by atoms with E-state index in [1.165, 1.54) is 4.90 Å². The Morgan fingerprint density at radius 1 is 1.50 bits per heavy atom. The summed E-state index contributed by atoms with van der Waals surface area (Å²) in [5.74, 6) is -1.97. The zero-order valence-electron chi connectivity index (χ0n) is 11.6. The van der Waals surface area contributed by atoms with Crippen LogP contribution in [0.1, 0.15) is 6.42 Å². The molecule has 0 aromatic rings. The number of amides is 2. The maximum atomic E-state index is 10.6. The molecule has 0 radical (unpaired) electrons. The van der Waals surface area contributed by atoms with Crippen molar-refractivity contribution < 1.29 is 19.8 Å². The number of hydrogen-bond acceptors (Lipinski definition) is 10. The Morgan fingerprint density at radius 2 is 2.23 bits per heavy atom. The van der Waals surface area contributed by atoms with E-state index in [-0.39, 0.29) is 31.5 Å². The van der Waals surface area contributed by atoms with Gasteiger partial charge in [-0.2, -0.15) is 0 Å². The summed E-state index contributed by atoms with van der Waals surface area (Å²) in [4.78, 5) is 25.5. The van der Waals surface area contributed by atoms with Crippen molar-refractivity contribution in [2.45, 2.75) is 30.0 Å². The van der Waals surface area contributed by atoms with Crippen LogP contribution in [0.25, 0.3) is 0 Å². The van der Waals surface area contributed by atoms with Crippen molar-refractivity contribution >= 4 is 18.0 Å². The van der Waals surface area contributed by atoms with Gasteiger partial charge in [-0.3, -0.25) is 4.84 Å². The topological polar surface area (TPSA) is 197 Å². The second-order valence-corrected chi connectivity index (χ2v) is 5.40. The fourth-order valence-corrected chi connectivity index (χ4v) is 3.26. The van der Waals surface area contributed by atoms with Gasteiger partial charge in [0.2, 0.25) is 5.79 Å². The number of urea groups is 1. The summed E-state index contributed by atoms with van der Waals surface area (Å²) < 4.78 is 0. The molecule has 0 aromatic carbocycles. The second-order valence-electron chi connectivity index (χ2n) is 5.40. The number of aliphatic hydroxyl groups is 2. The molecule has 3 atom stereocenters. The SMILES string of the molecule is NC(=O)NOC[C@@H]1N=C(N)N2CCC(O)(O)[C@@]23NC(N)=N[C@@H]13. The van der Waals surface area contributed by atoms with E-state index < -0.39 is 29.6 Å². The zero-order valence-corrected chi connectivity index (χ0v) is 11.6. The van der Waals surface area contributed by atoms with Gasteiger partial charge in [-0.1, -0.05) is 0 Å². The standard InChI is InChI=1S/C10H18N8O4/c11-6-15-5-4(3-22-17-8(13)19)14-7(12)18-2-1-9(20,21)10(5,18)16-6/h4-5,20-21H,1-3H2,(H2,12,14)(H3,11,15,16)(H3,13,17,19)/t4-,5-,10-/m0/s1. The molecule has 22 heavy (non-hydrogen) atoms. The maximum absolute atomic E-state index is 10.6. The molecule has 3 rings (SSSR count). The number of hydrogen-bond donors (Lipinski definition) is 7. The van der Waals surface area contributed by atoms with Crippen LogP contribution in [-0.4, -0.2) is 69.7 Å². The first kappa shape index (κ1) is 14.6. The van der Waals surface area contributed by atoms with E-state index in [1.807, 2.05) is 5.48 Å². The molecule has 0 aromatic heterocycles. The summed E-state index contributed by atoms with van der Waals surface area (Å²) in [7, 11) is 0. The highest BCUT2D eigenvalue weighted by Crippen LogP contribution is 2.44. The monoisotopic (exact) mass is 314 g/mol. The predicted octanol–water partition coefficient (Wildman–Crippen LogP) is -4.35. The molecule has 1 fully saturated rings. The van der Waals surface area contributed by atoms with Crippen LogP contribution in [0.4, 0.5) is 4.79 Å². The Morgan fingerprint density at radius 3 is 2.91 bits per heavy atom. The van der Waals surface area contributed by atoms with Crippen LogP contribution in [0.5, 0.6) is 0 Å². The number of carbonyl (C=O) groups is 1. The van der Waals surface area contributed by atoms with Crippen molar-refractivity contribution in [3.63, 3.8) is 0 Å². The fraction of sp³-hybridized carbons (Fsp3) is 0.700. The van der Waals surface area contributed by atoms with Gasteiger partial charge in [0.25, 0.3) is 0 Å². The number of guanidine groups is 2. The third kappa shape index (κ3) is 1.84. The lowest BCUT2D eigenvalue weighted by atomic mass is 9.87. The van der Waals surface area contributed by atoms with Gasteiger partial charge in [-0.15, -0.1) is 0 Å². The van der Waals surface area contributed by atoms with E-state index in [0.29, 0.717) is 0 Å². The number of hydroxylamine groups is 1. The van der Waals surface area contributed by atoms with E-state index in [9.17, 15) is 15.0 Å². The minimum atomic E-state index is -2.11. The lowest BCUT2D eigenvalue weighted by molar-refractivity contribution is -0.222.